The monoisotopic (exact) mass is 341 g/mol. The highest BCUT2D eigenvalue weighted by Crippen LogP contribution is 2.29. The largest absolute Gasteiger partial charge is 0.416 e. The van der Waals surface area contributed by atoms with Gasteiger partial charge in [-0.05, 0) is 24.6 Å². The van der Waals surface area contributed by atoms with Crippen LogP contribution >= 0.6 is 0 Å². The van der Waals surface area contributed by atoms with E-state index in [1.54, 1.807) is 6.92 Å². The number of hydrogen-bond donors (Lipinski definition) is 2. The number of aromatic nitrogens is 2. The first-order chi connectivity index (χ1) is 11.4. The number of guanidine groups is 1. The topological polar surface area (TPSA) is 75.3 Å². The second-order valence-corrected chi connectivity index (χ2v) is 4.97. The summed E-state index contributed by atoms with van der Waals surface area (Å²) in [7, 11) is 0. The number of aryl methyl sites for hydroxylation is 1. The molecule has 0 saturated carbocycles. The van der Waals surface area contributed by atoms with E-state index in [1.807, 2.05) is 6.92 Å². The molecule has 0 radical (unpaired) electrons. The molecule has 0 saturated heterocycles. The van der Waals surface area contributed by atoms with E-state index in [0.29, 0.717) is 36.3 Å². The fourth-order valence-corrected chi connectivity index (χ4v) is 1.89. The van der Waals surface area contributed by atoms with Crippen molar-refractivity contribution < 1.29 is 17.7 Å². The Bertz CT molecular complexity index is 679. The quantitative estimate of drug-likeness (QED) is 0.646. The van der Waals surface area contributed by atoms with Crippen LogP contribution in [-0.4, -0.2) is 22.6 Å². The standard InChI is InChI=1S/C15H18F3N5O/c1-3-19-14(21-9-13-22-10(2)24-23-13)20-8-11-4-6-12(7-5-11)15(16,17)18/h4-7H,3,8-9H2,1-2H3,(H2,19,20,21). The first kappa shape index (κ1) is 17.8. The second kappa shape index (κ2) is 7.80. The minimum atomic E-state index is -4.33. The minimum Gasteiger partial charge on any atom is -0.357 e. The highest BCUT2D eigenvalue weighted by atomic mass is 19.4. The average Bonchev–Trinajstić information content (AvgIpc) is 2.95. The Hall–Kier alpha value is -2.58. The summed E-state index contributed by atoms with van der Waals surface area (Å²) in [6.07, 6.45) is -4.33. The average molecular weight is 341 g/mol. The molecule has 0 amide bonds. The van der Waals surface area contributed by atoms with Crippen LogP contribution in [-0.2, 0) is 19.3 Å². The first-order valence-electron chi connectivity index (χ1n) is 7.36. The van der Waals surface area contributed by atoms with E-state index in [-0.39, 0.29) is 6.54 Å². The lowest BCUT2D eigenvalue weighted by atomic mass is 10.1. The molecule has 1 aromatic heterocycles. The Morgan fingerprint density at radius 1 is 1.21 bits per heavy atom. The van der Waals surface area contributed by atoms with Crippen LogP contribution in [0.1, 0.15) is 29.8 Å². The third-order valence-corrected chi connectivity index (χ3v) is 3.03. The SMILES string of the molecule is CCNC(=NCc1ccc(C(F)(F)F)cc1)NCc1noc(C)n1. The van der Waals surface area contributed by atoms with Crippen LogP contribution in [0.15, 0.2) is 33.8 Å². The van der Waals surface area contributed by atoms with Gasteiger partial charge in [-0.2, -0.15) is 18.2 Å². The third-order valence-electron chi connectivity index (χ3n) is 3.03. The van der Waals surface area contributed by atoms with Crippen molar-refractivity contribution in [2.45, 2.75) is 33.1 Å². The van der Waals surface area contributed by atoms with Gasteiger partial charge in [-0.15, -0.1) is 0 Å². The summed E-state index contributed by atoms with van der Waals surface area (Å²) >= 11 is 0. The van der Waals surface area contributed by atoms with Crippen molar-refractivity contribution in [1.29, 1.82) is 0 Å². The Balaban J connectivity index is 1.97. The maximum atomic E-state index is 12.5. The van der Waals surface area contributed by atoms with Crippen LogP contribution in [0, 0.1) is 6.92 Å². The number of hydrogen-bond acceptors (Lipinski definition) is 4. The second-order valence-electron chi connectivity index (χ2n) is 4.97. The van der Waals surface area contributed by atoms with Crippen molar-refractivity contribution in [1.82, 2.24) is 20.8 Å². The molecule has 24 heavy (non-hydrogen) atoms. The number of halogens is 3. The summed E-state index contributed by atoms with van der Waals surface area (Å²) in [4.78, 5) is 8.39. The van der Waals surface area contributed by atoms with Crippen molar-refractivity contribution >= 4 is 5.96 Å². The predicted molar refractivity (Wildman–Crippen MR) is 82.1 cm³/mol. The van der Waals surface area contributed by atoms with E-state index in [4.69, 9.17) is 4.52 Å². The molecule has 0 aliphatic heterocycles. The molecule has 2 aromatic rings. The minimum absolute atomic E-state index is 0.249. The number of aliphatic imine (C=N–C) groups is 1. The van der Waals surface area contributed by atoms with Gasteiger partial charge >= 0.3 is 6.18 Å². The fraction of sp³-hybridized carbons (Fsp3) is 0.400. The summed E-state index contributed by atoms with van der Waals surface area (Å²) in [5, 5.41) is 9.83. The van der Waals surface area contributed by atoms with Crippen molar-refractivity contribution in [3.05, 3.63) is 47.1 Å². The van der Waals surface area contributed by atoms with E-state index in [1.165, 1.54) is 12.1 Å². The molecule has 2 N–H and O–H groups in total. The van der Waals surface area contributed by atoms with Gasteiger partial charge in [0.2, 0.25) is 5.89 Å². The highest BCUT2D eigenvalue weighted by molar-refractivity contribution is 5.79. The van der Waals surface area contributed by atoms with E-state index in [9.17, 15) is 13.2 Å². The molecular weight excluding hydrogens is 323 g/mol. The van der Waals surface area contributed by atoms with Crippen LogP contribution in [0.25, 0.3) is 0 Å². The molecule has 0 unspecified atom stereocenters. The Kier molecular flexibility index (Phi) is 5.78. The first-order valence-corrected chi connectivity index (χ1v) is 7.36. The van der Waals surface area contributed by atoms with E-state index >= 15 is 0 Å². The van der Waals surface area contributed by atoms with Crippen LogP contribution in [0.3, 0.4) is 0 Å². The van der Waals surface area contributed by atoms with Gasteiger partial charge < -0.3 is 15.2 Å². The summed E-state index contributed by atoms with van der Waals surface area (Å²) in [6, 6.07) is 4.93. The van der Waals surface area contributed by atoms with Crippen LogP contribution in [0.2, 0.25) is 0 Å². The van der Waals surface area contributed by atoms with E-state index < -0.39 is 11.7 Å². The lowest BCUT2D eigenvalue weighted by molar-refractivity contribution is -0.137. The zero-order valence-electron chi connectivity index (χ0n) is 13.3. The van der Waals surface area contributed by atoms with Gasteiger partial charge in [-0.3, -0.25) is 0 Å². The molecule has 2 rings (SSSR count). The molecule has 0 bridgehead atoms. The summed E-state index contributed by atoms with van der Waals surface area (Å²) in [5.41, 5.74) is 0.00310. The smallest absolute Gasteiger partial charge is 0.357 e. The van der Waals surface area contributed by atoms with Gasteiger partial charge in [0, 0.05) is 13.5 Å². The number of alkyl halides is 3. The van der Waals surface area contributed by atoms with E-state index in [0.717, 1.165) is 12.1 Å². The molecule has 0 spiro atoms. The number of rotatable bonds is 5. The van der Waals surface area contributed by atoms with Gasteiger partial charge in [-0.1, -0.05) is 17.3 Å². The normalized spacial score (nSPS) is 12.3. The molecular formula is C15H18F3N5O. The van der Waals surface area contributed by atoms with E-state index in [2.05, 4.69) is 25.8 Å². The van der Waals surface area contributed by atoms with Crippen molar-refractivity contribution in [3.8, 4) is 0 Å². The highest BCUT2D eigenvalue weighted by Gasteiger charge is 2.29. The Morgan fingerprint density at radius 2 is 1.92 bits per heavy atom. The van der Waals surface area contributed by atoms with Gasteiger partial charge in [-0.25, -0.2) is 4.99 Å². The summed E-state index contributed by atoms with van der Waals surface area (Å²) in [5.74, 6) is 1.48. The van der Waals surface area contributed by atoms with Crippen molar-refractivity contribution in [3.63, 3.8) is 0 Å². The number of nitrogens with one attached hydrogen (secondary N) is 2. The third kappa shape index (κ3) is 5.25. The zero-order valence-corrected chi connectivity index (χ0v) is 13.3. The number of benzene rings is 1. The molecule has 1 heterocycles. The van der Waals surface area contributed by atoms with Gasteiger partial charge in [0.1, 0.15) is 0 Å². The molecule has 9 heteroatoms. The predicted octanol–water partition coefficient (Wildman–Crippen LogP) is 2.65. The molecule has 0 fully saturated rings. The van der Waals surface area contributed by atoms with Gasteiger partial charge in [0.25, 0.3) is 0 Å². The fourth-order valence-electron chi connectivity index (χ4n) is 1.89. The molecule has 1 aromatic carbocycles. The lowest BCUT2D eigenvalue weighted by Gasteiger charge is -2.10. The van der Waals surface area contributed by atoms with Crippen LogP contribution in [0.5, 0.6) is 0 Å². The molecule has 130 valence electrons. The lowest BCUT2D eigenvalue weighted by Crippen LogP contribution is -2.37. The molecule has 0 aliphatic rings. The van der Waals surface area contributed by atoms with Gasteiger partial charge in [0.15, 0.2) is 11.8 Å². The van der Waals surface area contributed by atoms with Crippen molar-refractivity contribution in [2.75, 3.05) is 6.54 Å². The molecule has 0 atom stereocenters. The Morgan fingerprint density at radius 3 is 2.46 bits per heavy atom. The summed E-state index contributed by atoms with van der Waals surface area (Å²) in [6.45, 7) is 4.83. The Labute approximate surface area is 137 Å². The van der Waals surface area contributed by atoms with Crippen LogP contribution < -0.4 is 10.6 Å². The molecule has 6 nitrogen and oxygen atoms in total. The van der Waals surface area contributed by atoms with Gasteiger partial charge in [0.05, 0.1) is 18.7 Å². The maximum Gasteiger partial charge on any atom is 0.416 e. The van der Waals surface area contributed by atoms with Crippen LogP contribution in [0.4, 0.5) is 13.2 Å². The maximum absolute atomic E-state index is 12.5. The summed E-state index contributed by atoms with van der Waals surface area (Å²) < 4.78 is 42.5. The zero-order chi connectivity index (χ0) is 17.6. The molecule has 0 aliphatic carbocycles. The van der Waals surface area contributed by atoms with Crippen molar-refractivity contribution in [2.24, 2.45) is 4.99 Å². The number of nitrogens with zero attached hydrogens (tertiary/aromatic N) is 3.